The van der Waals surface area contributed by atoms with Crippen molar-refractivity contribution >= 4 is 0 Å². The summed E-state index contributed by atoms with van der Waals surface area (Å²) in [4.78, 5) is 0. The van der Waals surface area contributed by atoms with Gasteiger partial charge in [-0.3, -0.25) is 0 Å². The van der Waals surface area contributed by atoms with E-state index in [4.69, 9.17) is 0 Å². The van der Waals surface area contributed by atoms with E-state index in [0.717, 1.165) is 23.5 Å². The molecule has 27 heavy (non-hydrogen) atoms. The Morgan fingerprint density at radius 3 is 2.19 bits per heavy atom. The highest BCUT2D eigenvalue weighted by Gasteiger charge is 2.22. The van der Waals surface area contributed by atoms with E-state index in [-0.39, 0.29) is 5.82 Å². The quantitative estimate of drug-likeness (QED) is 0.441. The third-order valence-electron chi connectivity index (χ3n) is 6.36. The second kappa shape index (κ2) is 10.1. The standard InChI is InChI=1S/C26H35F/c1-3-5-7-20-9-13-22(14-10-20)24-17-18-25(26(27)19-24)23-15-11-21(12-16-23)8-6-4-2/h11-12,15-20,22H,3-10,13-14H2,1-2H3/t20-,22-. The van der Waals surface area contributed by atoms with Crippen LogP contribution in [-0.2, 0) is 6.42 Å². The number of hydrogen-bond acceptors (Lipinski definition) is 0. The molecule has 0 spiro atoms. The molecule has 3 rings (SSSR count). The van der Waals surface area contributed by atoms with Crippen molar-refractivity contribution in [2.45, 2.75) is 84.0 Å². The van der Waals surface area contributed by atoms with Gasteiger partial charge < -0.3 is 0 Å². The number of unbranched alkanes of at least 4 members (excludes halogenated alkanes) is 2. The van der Waals surface area contributed by atoms with Crippen LogP contribution in [0.25, 0.3) is 11.1 Å². The molecule has 1 saturated carbocycles. The lowest BCUT2D eigenvalue weighted by atomic mass is 9.77. The molecule has 0 saturated heterocycles. The van der Waals surface area contributed by atoms with Gasteiger partial charge in [-0.1, -0.05) is 75.9 Å². The fourth-order valence-electron chi connectivity index (χ4n) is 4.53. The van der Waals surface area contributed by atoms with Crippen molar-refractivity contribution in [3.63, 3.8) is 0 Å². The summed E-state index contributed by atoms with van der Waals surface area (Å²) in [7, 11) is 0. The molecule has 0 aromatic heterocycles. The molecule has 0 N–H and O–H groups in total. The Morgan fingerprint density at radius 2 is 1.56 bits per heavy atom. The van der Waals surface area contributed by atoms with Gasteiger partial charge in [0, 0.05) is 5.56 Å². The van der Waals surface area contributed by atoms with E-state index in [9.17, 15) is 4.39 Å². The van der Waals surface area contributed by atoms with Crippen LogP contribution in [0.4, 0.5) is 4.39 Å². The van der Waals surface area contributed by atoms with E-state index in [1.54, 1.807) is 6.07 Å². The molecule has 2 aromatic rings. The van der Waals surface area contributed by atoms with E-state index in [2.05, 4.69) is 44.2 Å². The number of aryl methyl sites for hydroxylation is 1. The minimum absolute atomic E-state index is 0.0677. The van der Waals surface area contributed by atoms with Crippen molar-refractivity contribution in [2.75, 3.05) is 0 Å². The largest absolute Gasteiger partial charge is 0.206 e. The molecule has 0 aliphatic heterocycles. The summed E-state index contributed by atoms with van der Waals surface area (Å²) in [5, 5.41) is 0. The molecule has 0 atom stereocenters. The Kier molecular flexibility index (Phi) is 7.50. The molecule has 1 fully saturated rings. The summed E-state index contributed by atoms with van der Waals surface area (Å²) in [5.74, 6) is 1.38. The fraction of sp³-hybridized carbons (Fsp3) is 0.538. The van der Waals surface area contributed by atoms with Crippen LogP contribution in [0.1, 0.15) is 88.7 Å². The molecule has 0 amide bonds. The van der Waals surface area contributed by atoms with Gasteiger partial charge in [-0.05, 0) is 73.1 Å². The fourth-order valence-corrected chi connectivity index (χ4v) is 4.53. The third kappa shape index (κ3) is 5.43. The number of hydrogen-bond donors (Lipinski definition) is 0. The highest BCUT2D eigenvalue weighted by atomic mass is 19.1. The van der Waals surface area contributed by atoms with Crippen LogP contribution in [-0.4, -0.2) is 0 Å². The van der Waals surface area contributed by atoms with E-state index < -0.39 is 0 Å². The maximum atomic E-state index is 14.8. The first-order chi connectivity index (χ1) is 13.2. The lowest BCUT2D eigenvalue weighted by Gasteiger charge is -2.29. The highest BCUT2D eigenvalue weighted by Crippen LogP contribution is 2.38. The topological polar surface area (TPSA) is 0 Å². The van der Waals surface area contributed by atoms with Gasteiger partial charge in [0.05, 0.1) is 0 Å². The number of rotatable bonds is 8. The summed E-state index contributed by atoms with van der Waals surface area (Å²) in [6, 6.07) is 14.4. The monoisotopic (exact) mass is 366 g/mol. The number of halogens is 1. The highest BCUT2D eigenvalue weighted by molar-refractivity contribution is 5.65. The minimum Gasteiger partial charge on any atom is -0.206 e. The van der Waals surface area contributed by atoms with E-state index in [0.29, 0.717) is 5.92 Å². The van der Waals surface area contributed by atoms with Gasteiger partial charge in [0.1, 0.15) is 5.82 Å². The van der Waals surface area contributed by atoms with Crippen LogP contribution in [0.5, 0.6) is 0 Å². The zero-order chi connectivity index (χ0) is 19.1. The maximum Gasteiger partial charge on any atom is 0.131 e. The Morgan fingerprint density at radius 1 is 0.852 bits per heavy atom. The van der Waals surface area contributed by atoms with Crippen LogP contribution < -0.4 is 0 Å². The van der Waals surface area contributed by atoms with Crippen LogP contribution >= 0.6 is 0 Å². The van der Waals surface area contributed by atoms with Crippen LogP contribution in [0.2, 0.25) is 0 Å². The van der Waals surface area contributed by atoms with E-state index in [1.165, 1.54) is 68.9 Å². The molecule has 0 radical (unpaired) electrons. The molecule has 2 aromatic carbocycles. The van der Waals surface area contributed by atoms with Crippen LogP contribution in [0.3, 0.4) is 0 Å². The zero-order valence-corrected chi connectivity index (χ0v) is 17.1. The lowest BCUT2D eigenvalue weighted by molar-refractivity contribution is 0.304. The number of benzene rings is 2. The molecule has 0 nitrogen and oxygen atoms in total. The first-order valence-corrected chi connectivity index (χ1v) is 11.1. The summed E-state index contributed by atoms with van der Waals surface area (Å²) < 4.78 is 14.8. The molecule has 0 heterocycles. The van der Waals surface area contributed by atoms with Gasteiger partial charge in [-0.15, -0.1) is 0 Å². The molecule has 1 aliphatic rings. The van der Waals surface area contributed by atoms with Crippen LogP contribution in [0, 0.1) is 11.7 Å². The second-order valence-electron chi connectivity index (χ2n) is 8.40. The second-order valence-corrected chi connectivity index (χ2v) is 8.40. The molecular formula is C26H35F. The van der Waals surface area contributed by atoms with Crippen molar-refractivity contribution in [3.05, 3.63) is 59.4 Å². The smallest absolute Gasteiger partial charge is 0.131 e. The maximum absolute atomic E-state index is 14.8. The molecule has 0 bridgehead atoms. The van der Waals surface area contributed by atoms with Gasteiger partial charge in [0.25, 0.3) is 0 Å². The van der Waals surface area contributed by atoms with E-state index in [1.807, 2.05) is 6.07 Å². The van der Waals surface area contributed by atoms with Crippen molar-refractivity contribution in [1.29, 1.82) is 0 Å². The Balaban J connectivity index is 1.64. The summed E-state index contributed by atoms with van der Waals surface area (Å²) >= 11 is 0. The zero-order valence-electron chi connectivity index (χ0n) is 17.1. The third-order valence-corrected chi connectivity index (χ3v) is 6.36. The Labute approximate surface area is 165 Å². The van der Waals surface area contributed by atoms with Gasteiger partial charge >= 0.3 is 0 Å². The molecular weight excluding hydrogens is 331 g/mol. The predicted molar refractivity (Wildman–Crippen MR) is 115 cm³/mol. The van der Waals surface area contributed by atoms with Gasteiger partial charge in [0.2, 0.25) is 0 Å². The van der Waals surface area contributed by atoms with Gasteiger partial charge in [-0.25, -0.2) is 4.39 Å². The van der Waals surface area contributed by atoms with Crippen LogP contribution in [0.15, 0.2) is 42.5 Å². The Hall–Kier alpha value is -1.63. The minimum atomic E-state index is -0.0677. The lowest BCUT2D eigenvalue weighted by Crippen LogP contribution is -2.13. The van der Waals surface area contributed by atoms with Crippen molar-refractivity contribution in [1.82, 2.24) is 0 Å². The predicted octanol–water partition coefficient (Wildman–Crippen LogP) is 8.30. The molecule has 0 unspecified atom stereocenters. The first kappa shape index (κ1) is 20.1. The summed E-state index contributed by atoms with van der Waals surface area (Å²) in [5.41, 5.74) is 4.27. The normalized spacial score (nSPS) is 20.0. The summed E-state index contributed by atoms with van der Waals surface area (Å²) in [6.07, 6.45) is 12.6. The van der Waals surface area contributed by atoms with Gasteiger partial charge in [-0.2, -0.15) is 0 Å². The van der Waals surface area contributed by atoms with Crippen molar-refractivity contribution in [2.24, 2.45) is 5.92 Å². The molecule has 1 heteroatoms. The van der Waals surface area contributed by atoms with E-state index >= 15 is 0 Å². The molecule has 1 aliphatic carbocycles. The van der Waals surface area contributed by atoms with Crippen molar-refractivity contribution in [3.8, 4) is 11.1 Å². The Bertz CT molecular complexity index is 693. The average Bonchev–Trinajstić information content (AvgIpc) is 2.71. The SMILES string of the molecule is CCCCc1ccc(-c2ccc([C@H]3CC[C@H](CCCC)CC3)cc2F)cc1. The average molecular weight is 367 g/mol. The molecule has 146 valence electrons. The first-order valence-electron chi connectivity index (χ1n) is 11.1. The summed E-state index contributed by atoms with van der Waals surface area (Å²) in [6.45, 7) is 4.48. The van der Waals surface area contributed by atoms with Gasteiger partial charge in [0.15, 0.2) is 0 Å². The van der Waals surface area contributed by atoms with Crippen molar-refractivity contribution < 1.29 is 4.39 Å².